The number of nitrogens with one attached hydrogen (secondary N) is 1. The normalized spacial score (nSPS) is 13.5. The van der Waals surface area contributed by atoms with Crippen LogP contribution in [0.2, 0.25) is 0 Å². The van der Waals surface area contributed by atoms with Crippen LogP contribution in [0.25, 0.3) is 0 Å². The summed E-state index contributed by atoms with van der Waals surface area (Å²) in [5, 5.41) is 23.1. The van der Waals surface area contributed by atoms with Crippen LogP contribution in [0.5, 0.6) is 0 Å². The Morgan fingerprint density at radius 3 is 1.20 bits per heavy atom. The topological polar surface area (TPSA) is 69.6 Å². The predicted octanol–water partition coefficient (Wildman–Crippen LogP) is 15.3. The van der Waals surface area contributed by atoms with Gasteiger partial charge >= 0.3 is 0 Å². The van der Waals surface area contributed by atoms with Crippen LogP contribution in [-0.2, 0) is 4.79 Å². The van der Waals surface area contributed by atoms with Crippen molar-refractivity contribution in [1.29, 1.82) is 0 Å². The SMILES string of the molecule is CC/C=C\C/C=C\C/C=C\C/C=C\CCCCCCCCCCC(=O)NC(CO)C(O)/C=C/CCCCCCCCCCCCCCCCCCCCCC. The molecule has 0 aromatic heterocycles. The maximum atomic E-state index is 12.4. The van der Waals surface area contributed by atoms with Crippen LogP contribution in [-0.4, -0.2) is 34.9 Å². The van der Waals surface area contributed by atoms with Crippen LogP contribution >= 0.6 is 0 Å². The highest BCUT2D eigenvalue weighted by atomic mass is 16.3. The van der Waals surface area contributed by atoms with Gasteiger partial charge in [0.25, 0.3) is 0 Å². The Bertz CT molecular complexity index is 919. The summed E-state index contributed by atoms with van der Waals surface area (Å²) in [6.45, 7) is 4.20. The Hall–Kier alpha value is -1.91. The molecule has 0 aliphatic heterocycles. The Balaban J connectivity index is 3.57. The number of aliphatic hydroxyl groups excluding tert-OH is 2. The van der Waals surface area contributed by atoms with Gasteiger partial charge in [-0.05, 0) is 57.8 Å². The first-order valence-electron chi connectivity index (χ1n) is 24.0. The Kier molecular flexibility index (Phi) is 44.9. The summed E-state index contributed by atoms with van der Waals surface area (Å²) in [6.07, 6.45) is 64.8. The molecule has 0 aliphatic rings. The van der Waals surface area contributed by atoms with Crippen LogP contribution < -0.4 is 5.32 Å². The Morgan fingerprint density at radius 1 is 0.455 bits per heavy atom. The second-order valence-corrected chi connectivity index (χ2v) is 16.1. The van der Waals surface area contributed by atoms with E-state index in [2.05, 4.69) is 67.8 Å². The van der Waals surface area contributed by atoms with Crippen molar-refractivity contribution in [3.05, 3.63) is 60.8 Å². The van der Waals surface area contributed by atoms with Crippen molar-refractivity contribution < 1.29 is 15.0 Å². The lowest BCUT2D eigenvalue weighted by Crippen LogP contribution is -2.45. The fourth-order valence-electron chi connectivity index (χ4n) is 7.11. The quantitative estimate of drug-likeness (QED) is 0.0427. The summed E-state index contributed by atoms with van der Waals surface area (Å²) >= 11 is 0. The molecule has 0 saturated carbocycles. The van der Waals surface area contributed by atoms with E-state index in [4.69, 9.17) is 0 Å². The molecule has 0 radical (unpaired) electrons. The van der Waals surface area contributed by atoms with Gasteiger partial charge in [0, 0.05) is 6.42 Å². The summed E-state index contributed by atoms with van der Waals surface area (Å²) in [5.41, 5.74) is 0. The molecule has 1 amide bonds. The van der Waals surface area contributed by atoms with E-state index in [9.17, 15) is 15.0 Å². The van der Waals surface area contributed by atoms with E-state index < -0.39 is 12.1 Å². The average Bonchev–Trinajstić information content (AvgIpc) is 3.19. The van der Waals surface area contributed by atoms with Crippen molar-refractivity contribution in [1.82, 2.24) is 5.32 Å². The van der Waals surface area contributed by atoms with Crippen molar-refractivity contribution in [2.45, 2.75) is 251 Å². The van der Waals surface area contributed by atoms with E-state index in [1.54, 1.807) is 6.08 Å². The number of carbonyl (C=O) groups excluding carboxylic acids is 1. The van der Waals surface area contributed by atoms with Crippen LogP contribution in [0, 0.1) is 0 Å². The lowest BCUT2D eigenvalue weighted by molar-refractivity contribution is -0.123. The summed E-state index contributed by atoms with van der Waals surface area (Å²) in [6, 6.07) is -0.629. The first kappa shape index (κ1) is 53.1. The van der Waals surface area contributed by atoms with E-state index in [1.165, 1.54) is 167 Å². The number of unbranched alkanes of at least 4 members (excludes halogenated alkanes) is 28. The van der Waals surface area contributed by atoms with Crippen LogP contribution in [0.15, 0.2) is 60.8 Å². The minimum absolute atomic E-state index is 0.0727. The van der Waals surface area contributed by atoms with E-state index >= 15 is 0 Å². The minimum Gasteiger partial charge on any atom is -0.394 e. The first-order chi connectivity index (χ1) is 27.2. The molecule has 3 N–H and O–H groups in total. The second-order valence-electron chi connectivity index (χ2n) is 16.1. The third kappa shape index (κ3) is 43.1. The maximum absolute atomic E-state index is 12.4. The zero-order valence-electron chi connectivity index (χ0n) is 36.7. The largest absolute Gasteiger partial charge is 0.394 e. The van der Waals surface area contributed by atoms with Crippen molar-refractivity contribution in [3.8, 4) is 0 Å². The van der Waals surface area contributed by atoms with Gasteiger partial charge in [0.05, 0.1) is 18.8 Å². The van der Waals surface area contributed by atoms with Gasteiger partial charge in [-0.15, -0.1) is 0 Å². The lowest BCUT2D eigenvalue weighted by atomic mass is 10.0. The number of hydrogen-bond donors (Lipinski definition) is 3. The van der Waals surface area contributed by atoms with Gasteiger partial charge < -0.3 is 15.5 Å². The van der Waals surface area contributed by atoms with E-state index in [-0.39, 0.29) is 12.5 Å². The summed E-state index contributed by atoms with van der Waals surface area (Å²) in [7, 11) is 0. The van der Waals surface area contributed by atoms with Crippen molar-refractivity contribution >= 4 is 5.91 Å². The molecular weight excluding hydrogens is 675 g/mol. The standard InChI is InChI=1S/C51H93NO3/c1-3-5-7-9-11-13-15-17-19-21-23-25-27-28-30-32-34-36-38-40-42-44-46-50(54)49(48-53)52-51(55)47-45-43-41-39-37-35-33-31-29-26-24-22-20-18-16-14-12-10-8-6-4-2/h6,8,12,14,18,20,24,26,44,46,49-50,53-54H,3-5,7,9-11,13,15-17,19,21-23,25,27-43,45,47-48H2,1-2H3,(H,52,55)/b8-6-,14-12-,20-18-,26-24-,46-44+. The Labute approximate surface area is 343 Å². The average molecular weight is 768 g/mol. The monoisotopic (exact) mass is 768 g/mol. The number of rotatable bonds is 43. The first-order valence-corrected chi connectivity index (χ1v) is 24.0. The fraction of sp³-hybridized carbons (Fsp3) is 0.784. The molecule has 0 aliphatic carbocycles. The minimum atomic E-state index is -0.845. The molecule has 0 rings (SSSR count). The molecule has 55 heavy (non-hydrogen) atoms. The molecule has 4 heteroatoms. The van der Waals surface area contributed by atoms with Crippen molar-refractivity contribution in [2.75, 3.05) is 6.61 Å². The number of aliphatic hydroxyl groups is 2. The van der Waals surface area contributed by atoms with Crippen molar-refractivity contribution in [3.63, 3.8) is 0 Å². The second kappa shape index (κ2) is 46.5. The molecular formula is C51H93NO3. The van der Waals surface area contributed by atoms with Gasteiger partial charge in [-0.2, -0.15) is 0 Å². The summed E-state index contributed by atoms with van der Waals surface area (Å²) in [5.74, 6) is -0.0727. The number of carbonyl (C=O) groups is 1. The maximum Gasteiger partial charge on any atom is 0.220 e. The van der Waals surface area contributed by atoms with Crippen LogP contribution in [0.4, 0.5) is 0 Å². The fourth-order valence-corrected chi connectivity index (χ4v) is 7.11. The van der Waals surface area contributed by atoms with Gasteiger partial charge in [-0.1, -0.05) is 235 Å². The molecule has 320 valence electrons. The van der Waals surface area contributed by atoms with Crippen LogP contribution in [0.3, 0.4) is 0 Å². The third-order valence-electron chi connectivity index (χ3n) is 10.8. The highest BCUT2D eigenvalue weighted by molar-refractivity contribution is 5.76. The molecule has 0 spiro atoms. The molecule has 4 nitrogen and oxygen atoms in total. The van der Waals surface area contributed by atoms with Crippen LogP contribution in [0.1, 0.15) is 239 Å². The van der Waals surface area contributed by atoms with Crippen molar-refractivity contribution in [2.24, 2.45) is 0 Å². The molecule has 0 bridgehead atoms. The predicted molar refractivity (Wildman–Crippen MR) is 244 cm³/mol. The highest BCUT2D eigenvalue weighted by Crippen LogP contribution is 2.16. The molecule has 0 aromatic rings. The number of hydrogen-bond acceptors (Lipinski definition) is 3. The number of amides is 1. The smallest absolute Gasteiger partial charge is 0.220 e. The van der Waals surface area contributed by atoms with E-state index in [1.807, 2.05) is 6.08 Å². The van der Waals surface area contributed by atoms with Gasteiger partial charge in [-0.25, -0.2) is 0 Å². The zero-order chi connectivity index (χ0) is 40.0. The zero-order valence-corrected chi connectivity index (χ0v) is 36.7. The van der Waals surface area contributed by atoms with Gasteiger partial charge in [0.15, 0.2) is 0 Å². The Morgan fingerprint density at radius 2 is 0.800 bits per heavy atom. The summed E-state index contributed by atoms with van der Waals surface area (Å²) in [4.78, 5) is 12.4. The lowest BCUT2D eigenvalue weighted by Gasteiger charge is -2.20. The molecule has 0 saturated heterocycles. The van der Waals surface area contributed by atoms with Gasteiger partial charge in [0.1, 0.15) is 0 Å². The van der Waals surface area contributed by atoms with Gasteiger partial charge in [0.2, 0.25) is 5.91 Å². The number of allylic oxidation sites excluding steroid dienone is 9. The molecule has 2 unspecified atom stereocenters. The third-order valence-corrected chi connectivity index (χ3v) is 10.8. The van der Waals surface area contributed by atoms with E-state index in [0.717, 1.165) is 51.4 Å². The summed E-state index contributed by atoms with van der Waals surface area (Å²) < 4.78 is 0. The molecule has 2 atom stereocenters. The van der Waals surface area contributed by atoms with Gasteiger partial charge in [-0.3, -0.25) is 4.79 Å². The molecule has 0 heterocycles. The highest BCUT2D eigenvalue weighted by Gasteiger charge is 2.17. The molecule has 0 fully saturated rings. The van der Waals surface area contributed by atoms with E-state index in [0.29, 0.717) is 6.42 Å². The molecule has 0 aromatic carbocycles.